The first-order valence-electron chi connectivity index (χ1n) is 6.78. The van der Waals surface area contributed by atoms with Crippen LogP contribution in [0.3, 0.4) is 0 Å². The van der Waals surface area contributed by atoms with Gasteiger partial charge in [0.25, 0.3) is 10.2 Å². The number of methoxy groups -OCH3 is 2. The Morgan fingerprint density at radius 1 is 1.24 bits per heavy atom. The molecule has 0 aromatic rings. The van der Waals surface area contributed by atoms with Crippen molar-refractivity contribution in [2.75, 3.05) is 40.5 Å². The average molecular weight is 326 g/mol. The van der Waals surface area contributed by atoms with E-state index in [-0.39, 0.29) is 32.2 Å². The van der Waals surface area contributed by atoms with Gasteiger partial charge in [-0.2, -0.15) is 17.4 Å². The van der Waals surface area contributed by atoms with Crippen LogP contribution in [-0.4, -0.2) is 70.4 Å². The Kier molecular flexibility index (Phi) is 9.71. The van der Waals surface area contributed by atoms with Crippen LogP contribution in [0.1, 0.15) is 20.3 Å². The van der Waals surface area contributed by atoms with Crippen LogP contribution in [0.15, 0.2) is 0 Å². The highest BCUT2D eigenvalue weighted by atomic mass is 32.2. The summed E-state index contributed by atoms with van der Waals surface area (Å²) in [4.78, 5) is 11.2. The molecule has 0 heterocycles. The molecule has 0 bridgehead atoms. The molecule has 2 atom stereocenters. The Morgan fingerprint density at radius 3 is 2.05 bits per heavy atom. The molecule has 0 aliphatic heterocycles. The lowest BCUT2D eigenvalue weighted by Gasteiger charge is -2.26. The van der Waals surface area contributed by atoms with Crippen molar-refractivity contribution >= 4 is 16.2 Å². The minimum absolute atomic E-state index is 0.127. The van der Waals surface area contributed by atoms with E-state index >= 15 is 0 Å². The average Bonchev–Trinajstić information content (AvgIpc) is 2.43. The molecule has 0 saturated carbocycles. The molecule has 0 fully saturated rings. The molecule has 126 valence electrons. The fraction of sp³-hybridized carbons (Fsp3) is 0.917. The number of ether oxygens (including phenoxy) is 2. The first-order chi connectivity index (χ1) is 9.80. The van der Waals surface area contributed by atoms with E-state index in [9.17, 15) is 18.3 Å². The molecule has 21 heavy (non-hydrogen) atoms. The second-order valence-corrected chi connectivity index (χ2v) is 6.41. The van der Waals surface area contributed by atoms with Gasteiger partial charge >= 0.3 is 5.97 Å². The molecule has 2 N–H and O–H groups in total. The summed E-state index contributed by atoms with van der Waals surface area (Å²) in [6, 6.07) is -1.16. The van der Waals surface area contributed by atoms with E-state index in [1.807, 2.05) is 6.92 Å². The monoisotopic (exact) mass is 326 g/mol. The van der Waals surface area contributed by atoms with Crippen molar-refractivity contribution < 1.29 is 27.8 Å². The van der Waals surface area contributed by atoms with Crippen molar-refractivity contribution in [3.63, 3.8) is 0 Å². The highest BCUT2D eigenvalue weighted by Gasteiger charge is 2.31. The topological polar surface area (TPSA) is 105 Å². The Bertz CT molecular complexity index is 393. The minimum atomic E-state index is -3.92. The number of carbonyl (C=O) groups is 1. The Morgan fingerprint density at radius 2 is 1.71 bits per heavy atom. The Labute approximate surface area is 126 Å². The first kappa shape index (κ1) is 20.3. The third-order valence-corrected chi connectivity index (χ3v) is 4.78. The van der Waals surface area contributed by atoms with Crippen LogP contribution in [0.25, 0.3) is 0 Å². The van der Waals surface area contributed by atoms with Gasteiger partial charge in [-0.1, -0.05) is 20.3 Å². The maximum absolute atomic E-state index is 12.3. The summed E-state index contributed by atoms with van der Waals surface area (Å²) in [6.45, 7) is 4.18. The predicted octanol–water partition coefficient (Wildman–Crippen LogP) is -0.0851. The van der Waals surface area contributed by atoms with Gasteiger partial charge in [0.2, 0.25) is 0 Å². The van der Waals surface area contributed by atoms with Gasteiger partial charge in [-0.3, -0.25) is 4.79 Å². The molecule has 0 amide bonds. The van der Waals surface area contributed by atoms with Gasteiger partial charge < -0.3 is 14.6 Å². The zero-order valence-electron chi connectivity index (χ0n) is 13.0. The van der Waals surface area contributed by atoms with Crippen LogP contribution in [-0.2, 0) is 24.5 Å². The number of nitrogens with one attached hydrogen (secondary N) is 1. The van der Waals surface area contributed by atoms with Crippen LogP contribution in [0, 0.1) is 5.92 Å². The molecule has 0 aromatic heterocycles. The summed E-state index contributed by atoms with van der Waals surface area (Å²) in [5, 5.41) is 9.18. The molecule has 0 unspecified atom stereocenters. The summed E-state index contributed by atoms with van der Waals surface area (Å²) >= 11 is 0. The normalized spacial score (nSPS) is 15.1. The number of carboxylic acids is 1. The maximum atomic E-state index is 12.3. The lowest BCUT2D eigenvalue weighted by Crippen LogP contribution is -2.52. The number of nitrogens with zero attached hydrogens (tertiary/aromatic N) is 1. The third-order valence-electron chi connectivity index (χ3n) is 3.18. The van der Waals surface area contributed by atoms with Crippen molar-refractivity contribution in [1.29, 1.82) is 0 Å². The highest BCUT2D eigenvalue weighted by molar-refractivity contribution is 7.87. The summed E-state index contributed by atoms with van der Waals surface area (Å²) in [6.07, 6.45) is 0.551. The number of carboxylic acid groups (broad SMARTS) is 1. The molecule has 0 aromatic carbocycles. The summed E-state index contributed by atoms with van der Waals surface area (Å²) in [7, 11) is -0.992. The molecule has 0 aliphatic rings. The van der Waals surface area contributed by atoms with Crippen LogP contribution >= 0.6 is 0 Å². The van der Waals surface area contributed by atoms with Gasteiger partial charge in [0.15, 0.2) is 0 Å². The first-order valence-corrected chi connectivity index (χ1v) is 8.22. The molecule has 0 saturated heterocycles. The van der Waals surface area contributed by atoms with E-state index in [2.05, 4.69) is 4.72 Å². The van der Waals surface area contributed by atoms with Crippen molar-refractivity contribution in [1.82, 2.24) is 9.03 Å². The Hall–Kier alpha value is -0.740. The fourth-order valence-electron chi connectivity index (χ4n) is 1.62. The van der Waals surface area contributed by atoms with Crippen LogP contribution in [0.5, 0.6) is 0 Å². The van der Waals surface area contributed by atoms with Crippen molar-refractivity contribution in [2.45, 2.75) is 26.3 Å². The predicted molar refractivity (Wildman–Crippen MR) is 78.3 cm³/mol. The van der Waals surface area contributed by atoms with Crippen molar-refractivity contribution in [3.05, 3.63) is 0 Å². The van der Waals surface area contributed by atoms with Crippen molar-refractivity contribution in [3.8, 4) is 0 Å². The van der Waals surface area contributed by atoms with Gasteiger partial charge in [0.05, 0.1) is 13.2 Å². The SMILES string of the molecule is CC[C@H](C)[C@H](NS(=O)(=O)N(CCOC)CCOC)C(=O)O. The van der Waals surface area contributed by atoms with E-state index in [0.717, 1.165) is 4.31 Å². The van der Waals surface area contributed by atoms with E-state index in [4.69, 9.17) is 9.47 Å². The molecule has 9 heteroatoms. The maximum Gasteiger partial charge on any atom is 0.322 e. The molecular weight excluding hydrogens is 300 g/mol. The zero-order chi connectivity index (χ0) is 16.5. The lowest BCUT2D eigenvalue weighted by atomic mass is 10.0. The molecule has 0 rings (SSSR count). The van der Waals surface area contributed by atoms with Gasteiger partial charge in [-0.05, 0) is 5.92 Å². The number of aliphatic carboxylic acids is 1. The van der Waals surface area contributed by atoms with Gasteiger partial charge in [0, 0.05) is 27.3 Å². The van der Waals surface area contributed by atoms with E-state index < -0.39 is 22.2 Å². The van der Waals surface area contributed by atoms with Crippen LogP contribution < -0.4 is 4.72 Å². The largest absolute Gasteiger partial charge is 0.480 e. The van der Waals surface area contributed by atoms with E-state index in [1.54, 1.807) is 6.92 Å². The smallest absolute Gasteiger partial charge is 0.322 e. The van der Waals surface area contributed by atoms with Crippen LogP contribution in [0.4, 0.5) is 0 Å². The molecule has 8 nitrogen and oxygen atoms in total. The number of hydrogen-bond acceptors (Lipinski definition) is 5. The van der Waals surface area contributed by atoms with Gasteiger partial charge in [0.1, 0.15) is 6.04 Å². The fourth-order valence-corrected chi connectivity index (χ4v) is 3.05. The second-order valence-electron chi connectivity index (χ2n) is 4.71. The molecular formula is C12H26N2O6S. The summed E-state index contributed by atoms with van der Waals surface area (Å²) in [5.41, 5.74) is 0. The third kappa shape index (κ3) is 7.18. The van der Waals surface area contributed by atoms with Crippen LogP contribution in [0.2, 0.25) is 0 Å². The minimum Gasteiger partial charge on any atom is -0.480 e. The zero-order valence-corrected chi connectivity index (χ0v) is 13.9. The summed E-state index contributed by atoms with van der Waals surface area (Å²) in [5.74, 6) is -1.50. The second kappa shape index (κ2) is 10.1. The van der Waals surface area contributed by atoms with Gasteiger partial charge in [-0.15, -0.1) is 0 Å². The number of rotatable bonds is 12. The molecule has 0 aliphatic carbocycles. The van der Waals surface area contributed by atoms with E-state index in [0.29, 0.717) is 6.42 Å². The lowest BCUT2D eigenvalue weighted by molar-refractivity contribution is -0.140. The molecule has 0 spiro atoms. The quantitative estimate of drug-likeness (QED) is 0.519. The highest BCUT2D eigenvalue weighted by Crippen LogP contribution is 2.11. The molecule has 0 radical (unpaired) electrons. The van der Waals surface area contributed by atoms with Crippen molar-refractivity contribution in [2.24, 2.45) is 5.92 Å². The van der Waals surface area contributed by atoms with E-state index in [1.165, 1.54) is 14.2 Å². The summed E-state index contributed by atoms with van der Waals surface area (Å²) < 4.78 is 37.8. The van der Waals surface area contributed by atoms with Gasteiger partial charge in [-0.25, -0.2) is 0 Å². The Balaban J connectivity index is 5.03. The standard InChI is InChI=1S/C12H26N2O6S/c1-5-10(2)11(12(15)16)13-21(17,18)14(6-8-19-3)7-9-20-4/h10-11,13H,5-9H2,1-4H3,(H,15,16)/t10-,11-/m0/s1. The number of hydrogen-bond donors (Lipinski definition) is 2.